The number of carbonyl (C=O) groups is 3. The fraction of sp³-hybridized carbons (Fsp3) is 0.421. The third-order valence-corrected chi connectivity index (χ3v) is 6.35. The molecule has 0 bridgehead atoms. The van der Waals surface area contributed by atoms with E-state index >= 15 is 0 Å². The third-order valence-electron chi connectivity index (χ3n) is 4.14. The van der Waals surface area contributed by atoms with Crippen molar-refractivity contribution in [2.24, 2.45) is 16.6 Å². The molecule has 10 nitrogen and oxygen atoms in total. The molecule has 0 saturated heterocycles. The molecule has 1 aromatic heterocycles. The van der Waals surface area contributed by atoms with Gasteiger partial charge in [-0.05, 0) is 24.1 Å². The van der Waals surface area contributed by atoms with E-state index in [9.17, 15) is 22.8 Å². The molecular weight excluding hydrogens is 503 g/mol. The molecule has 186 valence electrons. The van der Waals surface area contributed by atoms with Crippen molar-refractivity contribution in [2.45, 2.75) is 32.1 Å². The van der Waals surface area contributed by atoms with Crippen molar-refractivity contribution in [3.63, 3.8) is 0 Å². The van der Waals surface area contributed by atoms with Gasteiger partial charge in [0.2, 0.25) is 6.79 Å². The lowest BCUT2D eigenvalue weighted by atomic mass is 10.1. The molecule has 34 heavy (non-hydrogen) atoms. The summed E-state index contributed by atoms with van der Waals surface area (Å²) in [6, 6.07) is 3.91. The van der Waals surface area contributed by atoms with Crippen molar-refractivity contribution in [1.29, 1.82) is 0 Å². The van der Waals surface area contributed by atoms with Gasteiger partial charge in [-0.15, -0.1) is 23.1 Å². The number of carboxylic acids is 2. The maximum Gasteiger partial charge on any atom is 0.490 e. The molecule has 0 radical (unpaired) electrons. The highest BCUT2D eigenvalue weighted by molar-refractivity contribution is 8.15. The van der Waals surface area contributed by atoms with Crippen molar-refractivity contribution in [3.05, 3.63) is 23.2 Å². The van der Waals surface area contributed by atoms with E-state index in [0.717, 1.165) is 10.2 Å². The number of aliphatic carboxylic acids is 2. The van der Waals surface area contributed by atoms with Crippen LogP contribution in [0.25, 0.3) is 10.2 Å². The Labute approximate surface area is 199 Å². The van der Waals surface area contributed by atoms with Gasteiger partial charge in [-0.1, -0.05) is 13.8 Å². The molecule has 1 aliphatic rings. The van der Waals surface area contributed by atoms with Crippen molar-refractivity contribution >= 4 is 56.3 Å². The normalized spacial score (nSPS) is 16.4. The molecule has 2 heterocycles. The minimum absolute atomic E-state index is 0.0124. The van der Waals surface area contributed by atoms with Crippen LogP contribution in [-0.4, -0.2) is 69.0 Å². The second kappa shape index (κ2) is 11.5. The van der Waals surface area contributed by atoms with E-state index in [0.29, 0.717) is 21.6 Å². The van der Waals surface area contributed by atoms with E-state index in [1.165, 1.54) is 23.1 Å². The quantitative estimate of drug-likeness (QED) is 0.363. The predicted octanol–water partition coefficient (Wildman–Crippen LogP) is 2.74. The standard InChI is InChI=1S/C17H19N3O5S2.C2HF3O2/c1-8(2)13(18)17(23)25-7-24-9-3-4-10-12(5-9)27-15(19-10)14-20-11(6-26-14)16(21)22;3-2(4,5)1(6)7/h3-5,8,11,13H,6-7,18H2,1-2H3,(H,21,22);(H,6,7)/t11-,13+;/m1./s1. The third kappa shape index (κ3) is 7.56. The number of nitrogens with two attached hydrogens (primary N) is 1. The summed E-state index contributed by atoms with van der Waals surface area (Å²) in [6.07, 6.45) is -5.08. The fourth-order valence-corrected chi connectivity index (χ4v) is 4.32. The number of carboxylic acid groups (broad SMARTS) is 2. The van der Waals surface area contributed by atoms with Crippen molar-refractivity contribution in [3.8, 4) is 5.75 Å². The average Bonchev–Trinajstić information content (AvgIpc) is 3.39. The number of hydrogen-bond acceptors (Lipinski definition) is 10. The highest BCUT2D eigenvalue weighted by Gasteiger charge is 2.38. The van der Waals surface area contributed by atoms with E-state index in [1.54, 1.807) is 18.2 Å². The minimum Gasteiger partial charge on any atom is -0.480 e. The summed E-state index contributed by atoms with van der Waals surface area (Å²) in [7, 11) is 0. The maximum atomic E-state index is 11.7. The average molecular weight is 524 g/mol. The van der Waals surface area contributed by atoms with Crippen LogP contribution in [0.5, 0.6) is 5.75 Å². The lowest BCUT2D eigenvalue weighted by molar-refractivity contribution is -0.192. The molecule has 0 amide bonds. The van der Waals surface area contributed by atoms with Gasteiger partial charge >= 0.3 is 24.1 Å². The number of rotatable bonds is 7. The van der Waals surface area contributed by atoms with Crippen molar-refractivity contribution < 1.29 is 47.2 Å². The first-order valence-electron chi connectivity index (χ1n) is 9.49. The molecule has 1 aliphatic heterocycles. The molecule has 3 rings (SSSR count). The van der Waals surface area contributed by atoms with E-state index in [2.05, 4.69) is 9.98 Å². The predicted molar refractivity (Wildman–Crippen MR) is 118 cm³/mol. The van der Waals surface area contributed by atoms with E-state index in [1.807, 2.05) is 13.8 Å². The SMILES string of the molecule is CC(C)[C@H](N)C(=O)OCOc1ccc2nc(C3=N[C@@H](C(=O)O)CS3)sc2c1.O=C(O)C(F)(F)F. The van der Waals surface area contributed by atoms with Gasteiger partial charge in [-0.2, -0.15) is 13.2 Å². The van der Waals surface area contributed by atoms with Crippen LogP contribution in [0.15, 0.2) is 23.2 Å². The minimum atomic E-state index is -5.08. The van der Waals surface area contributed by atoms with E-state index in [-0.39, 0.29) is 12.7 Å². The van der Waals surface area contributed by atoms with E-state index in [4.69, 9.17) is 30.2 Å². The summed E-state index contributed by atoms with van der Waals surface area (Å²) in [4.78, 5) is 40.3. The monoisotopic (exact) mass is 523 g/mol. The summed E-state index contributed by atoms with van der Waals surface area (Å²) >= 11 is 2.80. The molecule has 15 heteroatoms. The van der Waals surface area contributed by atoms with Crippen LogP contribution in [0.1, 0.15) is 18.9 Å². The van der Waals surface area contributed by atoms with Crippen LogP contribution >= 0.6 is 23.1 Å². The first-order valence-corrected chi connectivity index (χ1v) is 11.3. The Kier molecular flexibility index (Phi) is 9.23. The van der Waals surface area contributed by atoms with Crippen LogP contribution < -0.4 is 10.5 Å². The smallest absolute Gasteiger partial charge is 0.480 e. The zero-order valence-corrected chi connectivity index (χ0v) is 19.4. The lowest BCUT2D eigenvalue weighted by Gasteiger charge is -2.14. The van der Waals surface area contributed by atoms with Gasteiger partial charge in [0.15, 0.2) is 6.04 Å². The zero-order valence-electron chi connectivity index (χ0n) is 17.7. The Hall–Kier alpha value is -2.91. The topological polar surface area (TPSA) is 161 Å². The number of alkyl halides is 3. The summed E-state index contributed by atoms with van der Waals surface area (Å²) in [5.74, 6) is -3.25. The number of halogens is 3. The molecule has 0 aliphatic carbocycles. The van der Waals surface area contributed by atoms with Crippen LogP contribution in [0.2, 0.25) is 0 Å². The molecule has 2 aromatic rings. The number of carbonyl (C=O) groups excluding carboxylic acids is 1. The Morgan fingerprint density at radius 3 is 2.44 bits per heavy atom. The number of ether oxygens (including phenoxy) is 2. The Morgan fingerprint density at radius 1 is 1.26 bits per heavy atom. The van der Waals surface area contributed by atoms with E-state index < -0.39 is 36.2 Å². The number of thiazole rings is 1. The number of fused-ring (bicyclic) bond motifs is 1. The number of thioether (sulfide) groups is 1. The molecule has 0 fully saturated rings. The maximum absolute atomic E-state index is 11.7. The summed E-state index contributed by atoms with van der Waals surface area (Å²) in [5, 5.41) is 17.5. The highest BCUT2D eigenvalue weighted by Crippen LogP contribution is 2.31. The molecule has 1 aromatic carbocycles. The van der Waals surface area contributed by atoms with Crippen molar-refractivity contribution in [2.75, 3.05) is 12.5 Å². The summed E-state index contributed by atoms with van der Waals surface area (Å²) in [6.45, 7) is 3.46. The number of nitrogens with zero attached hydrogens (tertiary/aromatic N) is 2. The number of aromatic nitrogens is 1. The molecule has 0 saturated carbocycles. The molecule has 2 atom stereocenters. The van der Waals surface area contributed by atoms with Crippen LogP contribution in [0.3, 0.4) is 0 Å². The Bertz CT molecular complexity index is 1090. The van der Waals surface area contributed by atoms with Crippen molar-refractivity contribution in [1.82, 2.24) is 4.98 Å². The van der Waals surface area contributed by atoms with Gasteiger partial charge in [-0.3, -0.25) is 9.79 Å². The Morgan fingerprint density at radius 2 is 1.91 bits per heavy atom. The fourth-order valence-electron chi connectivity index (χ4n) is 2.23. The number of esters is 1. The number of hydrogen-bond donors (Lipinski definition) is 3. The molecule has 4 N–H and O–H groups in total. The first-order chi connectivity index (χ1) is 15.8. The lowest BCUT2D eigenvalue weighted by Crippen LogP contribution is -2.37. The highest BCUT2D eigenvalue weighted by atomic mass is 32.2. The first kappa shape index (κ1) is 27.3. The van der Waals surface area contributed by atoms with Crippen LogP contribution in [0, 0.1) is 5.92 Å². The largest absolute Gasteiger partial charge is 0.490 e. The molecule has 0 spiro atoms. The summed E-state index contributed by atoms with van der Waals surface area (Å²) < 4.78 is 43.1. The Balaban J connectivity index is 0.000000509. The zero-order chi connectivity index (χ0) is 25.6. The number of benzene rings is 1. The summed E-state index contributed by atoms with van der Waals surface area (Å²) in [5.41, 5.74) is 6.49. The van der Waals surface area contributed by atoms with Gasteiger partial charge in [0.1, 0.15) is 21.8 Å². The second-order valence-electron chi connectivity index (χ2n) is 7.05. The van der Waals surface area contributed by atoms with Gasteiger partial charge in [0, 0.05) is 5.75 Å². The number of aliphatic imine (C=N–C) groups is 1. The van der Waals surface area contributed by atoms with Gasteiger partial charge in [0.25, 0.3) is 0 Å². The van der Waals surface area contributed by atoms with Crippen LogP contribution in [0.4, 0.5) is 13.2 Å². The van der Waals surface area contributed by atoms with Gasteiger partial charge in [-0.25, -0.2) is 14.6 Å². The second-order valence-corrected chi connectivity index (χ2v) is 9.09. The van der Waals surface area contributed by atoms with Gasteiger partial charge < -0.3 is 25.4 Å². The van der Waals surface area contributed by atoms with Gasteiger partial charge in [0.05, 0.1) is 10.2 Å². The molecule has 0 unspecified atom stereocenters. The van der Waals surface area contributed by atoms with Crippen LogP contribution in [-0.2, 0) is 19.1 Å². The molecular formula is C19H20F3N3O7S2.